The molecule has 1 aromatic heterocycles. The van der Waals surface area contributed by atoms with Crippen molar-refractivity contribution in [2.75, 3.05) is 51.8 Å². The van der Waals surface area contributed by atoms with Crippen LogP contribution in [0.2, 0.25) is 0 Å². The zero-order chi connectivity index (χ0) is 15.1. The first-order valence-electron chi connectivity index (χ1n) is 7.30. The topological polar surface area (TPSA) is 76.7 Å². The van der Waals surface area contributed by atoms with E-state index >= 15 is 0 Å². The second kappa shape index (κ2) is 8.23. The van der Waals surface area contributed by atoms with Crippen molar-refractivity contribution < 1.29 is 9.47 Å². The number of ether oxygens (including phenoxy) is 2. The van der Waals surface area contributed by atoms with E-state index in [0.717, 1.165) is 38.5 Å². The molecule has 2 N–H and O–H groups in total. The lowest BCUT2D eigenvalue weighted by Crippen LogP contribution is -2.53. The highest BCUT2D eigenvalue weighted by Crippen LogP contribution is 2.15. The summed E-state index contributed by atoms with van der Waals surface area (Å²) in [5.74, 6) is 0.799. The SMILES string of the molecule is COC(CC(CN)N1CCN(c2ncccn2)CC1)OC. The van der Waals surface area contributed by atoms with Gasteiger partial charge in [0.05, 0.1) is 0 Å². The number of nitrogens with zero attached hydrogens (tertiary/aromatic N) is 4. The molecule has 7 nitrogen and oxygen atoms in total. The molecule has 0 radical (unpaired) electrons. The maximum Gasteiger partial charge on any atom is 0.225 e. The minimum absolute atomic E-state index is 0.200. The van der Waals surface area contributed by atoms with Crippen LogP contribution < -0.4 is 10.6 Å². The molecule has 0 spiro atoms. The molecule has 0 aromatic carbocycles. The Morgan fingerprint density at radius 2 is 1.76 bits per heavy atom. The van der Waals surface area contributed by atoms with Gasteiger partial charge in [-0.05, 0) is 6.07 Å². The van der Waals surface area contributed by atoms with Crippen LogP contribution in [0.3, 0.4) is 0 Å². The second-order valence-electron chi connectivity index (χ2n) is 5.10. The fourth-order valence-corrected chi connectivity index (χ4v) is 2.65. The highest BCUT2D eigenvalue weighted by atomic mass is 16.7. The Labute approximate surface area is 126 Å². The summed E-state index contributed by atoms with van der Waals surface area (Å²) in [6, 6.07) is 2.11. The third-order valence-electron chi connectivity index (χ3n) is 3.93. The number of methoxy groups -OCH3 is 2. The van der Waals surface area contributed by atoms with Crippen LogP contribution in [0.4, 0.5) is 5.95 Å². The predicted molar refractivity (Wildman–Crippen MR) is 81.1 cm³/mol. The van der Waals surface area contributed by atoms with E-state index in [-0.39, 0.29) is 12.3 Å². The van der Waals surface area contributed by atoms with Gasteiger partial charge in [0.25, 0.3) is 0 Å². The number of nitrogens with two attached hydrogens (primary N) is 1. The number of piperazine rings is 1. The Morgan fingerprint density at radius 3 is 2.29 bits per heavy atom. The maximum atomic E-state index is 5.92. The van der Waals surface area contributed by atoms with E-state index in [0.29, 0.717) is 6.54 Å². The summed E-state index contributed by atoms with van der Waals surface area (Å²) >= 11 is 0. The average molecular weight is 295 g/mol. The summed E-state index contributed by atoms with van der Waals surface area (Å²) in [5.41, 5.74) is 5.92. The molecule has 1 saturated heterocycles. The standard InChI is InChI=1S/C14H25N5O2/c1-20-13(21-2)10-12(11-15)18-6-8-19(9-7-18)14-16-4-3-5-17-14/h3-5,12-13H,6-11,15H2,1-2H3. The second-order valence-corrected chi connectivity index (χ2v) is 5.10. The smallest absolute Gasteiger partial charge is 0.225 e. The summed E-state index contributed by atoms with van der Waals surface area (Å²) in [4.78, 5) is 13.2. The first-order chi connectivity index (χ1) is 10.3. The van der Waals surface area contributed by atoms with Gasteiger partial charge in [0.15, 0.2) is 6.29 Å². The Morgan fingerprint density at radius 1 is 1.14 bits per heavy atom. The molecule has 0 saturated carbocycles. The maximum absolute atomic E-state index is 5.92. The van der Waals surface area contributed by atoms with Crippen LogP contribution in [0.5, 0.6) is 0 Å². The number of hydrogen-bond acceptors (Lipinski definition) is 7. The molecule has 2 rings (SSSR count). The molecule has 0 bridgehead atoms. The molecule has 118 valence electrons. The largest absolute Gasteiger partial charge is 0.356 e. The van der Waals surface area contributed by atoms with Gasteiger partial charge in [-0.3, -0.25) is 4.90 Å². The molecule has 1 unspecified atom stereocenters. The van der Waals surface area contributed by atoms with E-state index < -0.39 is 0 Å². The van der Waals surface area contributed by atoms with Gasteiger partial charge in [-0.1, -0.05) is 0 Å². The van der Waals surface area contributed by atoms with Gasteiger partial charge in [-0.2, -0.15) is 0 Å². The lowest BCUT2D eigenvalue weighted by Gasteiger charge is -2.39. The van der Waals surface area contributed by atoms with E-state index in [1.807, 2.05) is 6.07 Å². The predicted octanol–water partition coefficient (Wildman–Crippen LogP) is -0.0651. The van der Waals surface area contributed by atoms with Gasteiger partial charge in [0, 0.05) is 71.8 Å². The van der Waals surface area contributed by atoms with Crippen LogP contribution in [0, 0.1) is 0 Å². The van der Waals surface area contributed by atoms with Gasteiger partial charge >= 0.3 is 0 Å². The van der Waals surface area contributed by atoms with Crippen molar-refractivity contribution in [3.8, 4) is 0 Å². The molecular formula is C14H25N5O2. The number of hydrogen-bond donors (Lipinski definition) is 1. The Kier molecular flexibility index (Phi) is 6.31. The molecule has 2 heterocycles. The quantitative estimate of drug-likeness (QED) is 0.706. The van der Waals surface area contributed by atoms with Crippen LogP contribution in [-0.4, -0.2) is 74.1 Å². The van der Waals surface area contributed by atoms with Crippen molar-refractivity contribution in [3.63, 3.8) is 0 Å². The third-order valence-corrected chi connectivity index (χ3v) is 3.93. The molecule has 0 aliphatic carbocycles. The summed E-state index contributed by atoms with van der Waals surface area (Å²) in [6.07, 6.45) is 4.14. The van der Waals surface area contributed by atoms with E-state index in [1.165, 1.54) is 0 Å². The van der Waals surface area contributed by atoms with Crippen LogP contribution in [-0.2, 0) is 9.47 Å². The fourth-order valence-electron chi connectivity index (χ4n) is 2.65. The van der Waals surface area contributed by atoms with Gasteiger partial charge < -0.3 is 20.1 Å². The normalized spacial score (nSPS) is 18.2. The van der Waals surface area contributed by atoms with E-state index in [9.17, 15) is 0 Å². The Hall–Kier alpha value is -1.28. The van der Waals surface area contributed by atoms with Crippen molar-refractivity contribution in [3.05, 3.63) is 18.5 Å². The van der Waals surface area contributed by atoms with Gasteiger partial charge in [-0.15, -0.1) is 0 Å². The lowest BCUT2D eigenvalue weighted by molar-refractivity contribution is -0.116. The molecular weight excluding hydrogens is 270 g/mol. The number of anilines is 1. The lowest BCUT2D eigenvalue weighted by atomic mass is 10.1. The van der Waals surface area contributed by atoms with Crippen LogP contribution in [0.15, 0.2) is 18.5 Å². The third kappa shape index (κ3) is 4.34. The summed E-state index contributed by atoms with van der Waals surface area (Å²) < 4.78 is 10.6. The van der Waals surface area contributed by atoms with Gasteiger partial charge in [0.2, 0.25) is 5.95 Å². The highest BCUT2D eigenvalue weighted by Gasteiger charge is 2.26. The molecule has 7 heteroatoms. The molecule has 1 atom stereocenters. The fraction of sp³-hybridized carbons (Fsp3) is 0.714. The van der Waals surface area contributed by atoms with Crippen molar-refractivity contribution in [1.29, 1.82) is 0 Å². The van der Waals surface area contributed by atoms with Crippen LogP contribution in [0.25, 0.3) is 0 Å². The first kappa shape index (κ1) is 16.1. The first-order valence-corrected chi connectivity index (χ1v) is 7.30. The Balaban J connectivity index is 1.87. The van der Waals surface area contributed by atoms with Crippen molar-refractivity contribution in [2.45, 2.75) is 18.8 Å². The average Bonchev–Trinajstić information content (AvgIpc) is 2.57. The minimum atomic E-state index is -0.200. The summed E-state index contributed by atoms with van der Waals surface area (Å²) in [5, 5.41) is 0. The highest BCUT2D eigenvalue weighted by molar-refractivity contribution is 5.29. The van der Waals surface area contributed by atoms with E-state index in [4.69, 9.17) is 15.2 Å². The molecule has 1 aliphatic heterocycles. The van der Waals surface area contributed by atoms with Crippen molar-refractivity contribution >= 4 is 5.95 Å². The van der Waals surface area contributed by atoms with E-state index in [1.54, 1.807) is 26.6 Å². The number of rotatable bonds is 7. The van der Waals surface area contributed by atoms with Crippen molar-refractivity contribution in [2.24, 2.45) is 5.73 Å². The zero-order valence-corrected chi connectivity index (χ0v) is 12.8. The Bertz CT molecular complexity index is 394. The van der Waals surface area contributed by atoms with E-state index in [2.05, 4.69) is 19.8 Å². The zero-order valence-electron chi connectivity index (χ0n) is 12.8. The van der Waals surface area contributed by atoms with Gasteiger partial charge in [0.1, 0.15) is 0 Å². The van der Waals surface area contributed by atoms with Crippen LogP contribution >= 0.6 is 0 Å². The molecule has 0 amide bonds. The monoisotopic (exact) mass is 295 g/mol. The van der Waals surface area contributed by atoms with Crippen LogP contribution in [0.1, 0.15) is 6.42 Å². The summed E-state index contributed by atoms with van der Waals surface area (Å²) in [6.45, 7) is 4.31. The molecule has 1 aliphatic rings. The molecule has 1 aromatic rings. The van der Waals surface area contributed by atoms with Gasteiger partial charge in [-0.25, -0.2) is 9.97 Å². The molecule has 21 heavy (non-hydrogen) atoms. The molecule has 1 fully saturated rings. The minimum Gasteiger partial charge on any atom is -0.356 e. The number of aromatic nitrogens is 2. The summed E-state index contributed by atoms with van der Waals surface area (Å²) in [7, 11) is 3.32. The van der Waals surface area contributed by atoms with Crippen molar-refractivity contribution in [1.82, 2.24) is 14.9 Å².